The van der Waals surface area contributed by atoms with Crippen molar-refractivity contribution in [1.82, 2.24) is 14.8 Å². The van der Waals surface area contributed by atoms with Crippen LogP contribution in [0, 0.1) is 0 Å². The van der Waals surface area contributed by atoms with E-state index in [-0.39, 0.29) is 0 Å². The van der Waals surface area contributed by atoms with Crippen LogP contribution >= 0.6 is 0 Å². The maximum Gasteiger partial charge on any atom is 0.124 e. The number of pyridine rings is 1. The number of hydrogen-bond acceptors (Lipinski definition) is 4. The van der Waals surface area contributed by atoms with Crippen LogP contribution in [0.15, 0.2) is 42.7 Å². The molecule has 0 bridgehead atoms. The average Bonchev–Trinajstić information content (AvgIpc) is 2.73. The van der Waals surface area contributed by atoms with Gasteiger partial charge in [0.1, 0.15) is 5.82 Å². The summed E-state index contributed by atoms with van der Waals surface area (Å²) >= 11 is 0. The van der Waals surface area contributed by atoms with E-state index in [9.17, 15) is 0 Å². The van der Waals surface area contributed by atoms with Gasteiger partial charge in [0, 0.05) is 11.1 Å². The van der Waals surface area contributed by atoms with Gasteiger partial charge in [0.25, 0.3) is 0 Å². The Morgan fingerprint density at radius 1 is 1.00 bits per heavy atom. The molecule has 2 heterocycles. The molecule has 0 amide bonds. The summed E-state index contributed by atoms with van der Waals surface area (Å²) in [5, 5.41) is 5.28. The molecule has 0 radical (unpaired) electrons. The summed E-state index contributed by atoms with van der Waals surface area (Å²) in [5.74, 6) is 0.495. The highest BCUT2D eigenvalue weighted by Crippen LogP contribution is 2.19. The Morgan fingerprint density at radius 2 is 1.76 bits per heavy atom. The summed E-state index contributed by atoms with van der Waals surface area (Å²) in [6.45, 7) is 0. The molecule has 3 rings (SSSR count). The quantitative estimate of drug-likeness (QED) is 0.616. The number of hydrogen-bond donors (Lipinski definition) is 2. The summed E-state index contributed by atoms with van der Waals surface area (Å²) in [5.41, 5.74) is 13.9. The lowest BCUT2D eigenvalue weighted by molar-refractivity contribution is 0.909. The van der Waals surface area contributed by atoms with Crippen LogP contribution in [0.2, 0.25) is 0 Å². The van der Waals surface area contributed by atoms with Gasteiger partial charge in [-0.2, -0.15) is 5.10 Å². The third-order valence-electron chi connectivity index (χ3n) is 2.61. The number of benzene rings is 1. The molecule has 0 spiro atoms. The molecule has 0 fully saturated rings. The highest BCUT2D eigenvalue weighted by molar-refractivity contribution is 5.81. The van der Waals surface area contributed by atoms with Crippen molar-refractivity contribution in [2.24, 2.45) is 0 Å². The molecule has 0 aliphatic rings. The lowest BCUT2D eigenvalue weighted by Gasteiger charge is -2.03. The molecule has 84 valence electrons. The first-order valence-electron chi connectivity index (χ1n) is 5.19. The zero-order chi connectivity index (χ0) is 11.8. The highest BCUT2D eigenvalue weighted by Gasteiger charge is 2.05. The molecule has 5 heteroatoms. The van der Waals surface area contributed by atoms with E-state index in [2.05, 4.69) is 10.1 Å². The van der Waals surface area contributed by atoms with Crippen LogP contribution in [0.4, 0.5) is 11.5 Å². The smallest absolute Gasteiger partial charge is 0.124 e. The van der Waals surface area contributed by atoms with E-state index in [1.165, 1.54) is 0 Å². The van der Waals surface area contributed by atoms with Crippen molar-refractivity contribution in [2.75, 3.05) is 11.5 Å². The van der Waals surface area contributed by atoms with Crippen molar-refractivity contribution in [2.45, 2.75) is 0 Å². The van der Waals surface area contributed by atoms with Crippen LogP contribution in [-0.4, -0.2) is 14.8 Å². The summed E-state index contributed by atoms with van der Waals surface area (Å²) in [6, 6.07) is 9.31. The standard InChI is InChI=1S/C12H11N5/c13-9-1-3-10(4-2-9)17-11-7-15-12(14)5-8(11)6-16-17/h1-7H,13H2,(H2,14,15). The maximum absolute atomic E-state index is 5.65. The van der Waals surface area contributed by atoms with Crippen LogP contribution in [0.5, 0.6) is 0 Å². The number of anilines is 2. The first-order valence-corrected chi connectivity index (χ1v) is 5.19. The predicted octanol–water partition coefficient (Wildman–Crippen LogP) is 1.58. The van der Waals surface area contributed by atoms with Gasteiger partial charge in [0.2, 0.25) is 0 Å². The molecular formula is C12H11N5. The van der Waals surface area contributed by atoms with Crippen LogP contribution < -0.4 is 11.5 Å². The second-order valence-electron chi connectivity index (χ2n) is 3.82. The van der Waals surface area contributed by atoms with Gasteiger partial charge in [0.05, 0.1) is 23.6 Å². The molecule has 0 saturated heterocycles. The topological polar surface area (TPSA) is 82.8 Å². The Hall–Kier alpha value is -2.56. The minimum atomic E-state index is 0.495. The van der Waals surface area contributed by atoms with Gasteiger partial charge in [-0.25, -0.2) is 9.67 Å². The van der Waals surface area contributed by atoms with Crippen molar-refractivity contribution in [3.63, 3.8) is 0 Å². The minimum absolute atomic E-state index is 0.495. The Labute approximate surface area is 97.7 Å². The lowest BCUT2D eigenvalue weighted by atomic mass is 10.2. The van der Waals surface area contributed by atoms with E-state index < -0.39 is 0 Å². The van der Waals surface area contributed by atoms with Crippen LogP contribution in [-0.2, 0) is 0 Å². The Balaban J connectivity index is 2.21. The largest absolute Gasteiger partial charge is 0.399 e. The number of nitrogen functional groups attached to an aromatic ring is 2. The number of nitrogens with zero attached hydrogens (tertiary/aromatic N) is 3. The SMILES string of the molecule is Nc1ccc(-n2ncc3cc(N)ncc32)cc1. The van der Waals surface area contributed by atoms with Gasteiger partial charge in [0.15, 0.2) is 0 Å². The maximum atomic E-state index is 5.65. The van der Waals surface area contributed by atoms with Gasteiger partial charge in [-0.1, -0.05) is 0 Å². The van der Waals surface area contributed by atoms with E-state index in [0.29, 0.717) is 5.82 Å². The molecular weight excluding hydrogens is 214 g/mol. The van der Waals surface area contributed by atoms with Gasteiger partial charge >= 0.3 is 0 Å². The zero-order valence-electron chi connectivity index (χ0n) is 9.04. The Kier molecular flexibility index (Phi) is 1.98. The third-order valence-corrected chi connectivity index (χ3v) is 2.61. The van der Waals surface area contributed by atoms with Crippen molar-refractivity contribution in [3.05, 3.63) is 42.7 Å². The van der Waals surface area contributed by atoms with Crippen LogP contribution in [0.1, 0.15) is 0 Å². The van der Waals surface area contributed by atoms with Gasteiger partial charge < -0.3 is 11.5 Å². The average molecular weight is 225 g/mol. The Morgan fingerprint density at radius 3 is 2.53 bits per heavy atom. The second-order valence-corrected chi connectivity index (χ2v) is 3.82. The molecule has 0 saturated carbocycles. The molecule has 3 aromatic rings. The van der Waals surface area contributed by atoms with E-state index in [1.807, 2.05) is 24.3 Å². The molecule has 17 heavy (non-hydrogen) atoms. The monoisotopic (exact) mass is 225 g/mol. The van der Waals surface area contributed by atoms with Crippen molar-refractivity contribution < 1.29 is 0 Å². The van der Waals surface area contributed by atoms with Crippen molar-refractivity contribution in [1.29, 1.82) is 0 Å². The fourth-order valence-corrected chi connectivity index (χ4v) is 1.76. The number of nitrogens with two attached hydrogens (primary N) is 2. The number of aromatic nitrogens is 3. The van der Waals surface area contributed by atoms with Gasteiger partial charge in [-0.3, -0.25) is 0 Å². The molecule has 5 nitrogen and oxygen atoms in total. The lowest BCUT2D eigenvalue weighted by Crippen LogP contribution is -1.97. The van der Waals surface area contributed by atoms with E-state index in [4.69, 9.17) is 11.5 Å². The first kappa shape index (κ1) is 9.65. The summed E-state index contributed by atoms with van der Waals surface area (Å²) < 4.78 is 1.81. The van der Waals surface area contributed by atoms with Gasteiger partial charge in [-0.05, 0) is 30.3 Å². The third kappa shape index (κ3) is 1.57. The van der Waals surface area contributed by atoms with Crippen molar-refractivity contribution >= 4 is 22.4 Å². The summed E-state index contributed by atoms with van der Waals surface area (Å²) in [4.78, 5) is 4.08. The second kappa shape index (κ2) is 3.48. The summed E-state index contributed by atoms with van der Waals surface area (Å²) in [6.07, 6.45) is 3.48. The van der Waals surface area contributed by atoms with E-state index in [1.54, 1.807) is 23.1 Å². The van der Waals surface area contributed by atoms with Crippen LogP contribution in [0.3, 0.4) is 0 Å². The van der Waals surface area contributed by atoms with E-state index in [0.717, 1.165) is 22.3 Å². The van der Waals surface area contributed by atoms with Gasteiger partial charge in [-0.15, -0.1) is 0 Å². The fourth-order valence-electron chi connectivity index (χ4n) is 1.76. The molecule has 1 aromatic carbocycles. The number of rotatable bonds is 1. The molecule has 0 unspecified atom stereocenters. The molecule has 4 N–H and O–H groups in total. The highest BCUT2D eigenvalue weighted by atomic mass is 15.3. The summed E-state index contributed by atoms with van der Waals surface area (Å²) in [7, 11) is 0. The normalized spacial score (nSPS) is 10.8. The van der Waals surface area contributed by atoms with Crippen molar-refractivity contribution in [3.8, 4) is 5.69 Å². The fraction of sp³-hybridized carbons (Fsp3) is 0. The number of fused-ring (bicyclic) bond motifs is 1. The predicted molar refractivity (Wildman–Crippen MR) is 67.7 cm³/mol. The molecule has 0 aliphatic carbocycles. The molecule has 0 aliphatic heterocycles. The zero-order valence-corrected chi connectivity index (χ0v) is 9.04. The first-order chi connectivity index (χ1) is 8.24. The molecule has 0 atom stereocenters. The Bertz CT molecular complexity index is 669. The minimum Gasteiger partial charge on any atom is -0.399 e. The molecule has 2 aromatic heterocycles. The van der Waals surface area contributed by atoms with E-state index >= 15 is 0 Å². The van der Waals surface area contributed by atoms with Crippen LogP contribution in [0.25, 0.3) is 16.6 Å².